The van der Waals surface area contributed by atoms with Gasteiger partial charge in [0.05, 0.1) is 13.2 Å². The van der Waals surface area contributed by atoms with Crippen LogP contribution in [-0.2, 0) is 11.3 Å². The normalized spacial score (nSPS) is 13.7. The van der Waals surface area contributed by atoms with Gasteiger partial charge in [-0.2, -0.15) is 0 Å². The van der Waals surface area contributed by atoms with Crippen LogP contribution in [0.25, 0.3) is 11.1 Å². The Labute approximate surface area is 225 Å². The van der Waals surface area contributed by atoms with E-state index in [1.54, 1.807) is 11.1 Å². The fourth-order valence-corrected chi connectivity index (χ4v) is 4.77. The number of para-hydroxylation sites is 1. The summed E-state index contributed by atoms with van der Waals surface area (Å²) in [5.41, 5.74) is 2.35. The Morgan fingerprint density at radius 3 is 2.37 bits per heavy atom. The third kappa shape index (κ3) is 7.89. The molecule has 4 rings (SSSR count). The predicted octanol–water partition coefficient (Wildman–Crippen LogP) is 6.31. The zero-order chi connectivity index (χ0) is 27.2. The average Bonchev–Trinajstić information content (AvgIpc) is 3.40. The first-order chi connectivity index (χ1) is 18.5. The number of carbonyl (C=O) groups excluding carboxylic acids is 1. The third-order valence-corrected chi connectivity index (χ3v) is 6.84. The summed E-state index contributed by atoms with van der Waals surface area (Å²) in [5, 5.41) is 18.4. The van der Waals surface area contributed by atoms with Crippen LogP contribution in [-0.4, -0.2) is 44.8 Å². The zero-order valence-electron chi connectivity index (χ0n) is 22.1. The summed E-state index contributed by atoms with van der Waals surface area (Å²) in [6.07, 6.45) is 11.1. The Morgan fingerprint density at radius 2 is 1.71 bits per heavy atom. The highest BCUT2D eigenvalue weighted by molar-refractivity contribution is 5.95. The molecule has 2 aromatic carbocycles. The molecule has 1 amide bonds. The largest absolute Gasteiger partial charge is 0.493 e. The molecule has 3 aromatic rings. The quantitative estimate of drug-likeness (QED) is 0.175. The molecule has 1 saturated carbocycles. The number of amides is 1. The van der Waals surface area contributed by atoms with Crippen molar-refractivity contribution < 1.29 is 24.5 Å². The number of benzene rings is 2. The van der Waals surface area contributed by atoms with E-state index in [2.05, 4.69) is 11.9 Å². The highest BCUT2D eigenvalue weighted by atomic mass is 16.5. The van der Waals surface area contributed by atoms with Gasteiger partial charge in [-0.3, -0.25) is 14.6 Å². The maximum atomic E-state index is 13.7. The minimum Gasteiger partial charge on any atom is -0.493 e. The lowest BCUT2D eigenvalue weighted by Crippen LogP contribution is -2.49. The van der Waals surface area contributed by atoms with Crippen molar-refractivity contribution in [3.05, 3.63) is 84.2 Å². The van der Waals surface area contributed by atoms with E-state index in [1.165, 1.54) is 12.8 Å². The number of carbonyl (C=O) groups is 2. The predicted molar refractivity (Wildman–Crippen MR) is 148 cm³/mol. The van der Waals surface area contributed by atoms with Gasteiger partial charge in [0.15, 0.2) is 0 Å². The first-order valence-electron chi connectivity index (χ1n) is 13.4. The molecule has 7 heteroatoms. The van der Waals surface area contributed by atoms with E-state index in [-0.39, 0.29) is 12.4 Å². The molecule has 0 saturated heterocycles. The number of hydrogen-bond acceptors (Lipinski definition) is 5. The van der Waals surface area contributed by atoms with Crippen LogP contribution in [0.15, 0.2) is 73.1 Å². The third-order valence-electron chi connectivity index (χ3n) is 6.84. The smallest absolute Gasteiger partial charge is 0.290 e. The topological polar surface area (TPSA) is 100.0 Å². The molecule has 1 aliphatic rings. The fraction of sp³-hybridized carbons (Fsp3) is 0.387. The van der Waals surface area contributed by atoms with E-state index >= 15 is 0 Å². The maximum absolute atomic E-state index is 13.7. The Hall–Kier alpha value is -3.71. The second-order valence-corrected chi connectivity index (χ2v) is 9.52. The monoisotopic (exact) mass is 518 g/mol. The molecule has 1 aromatic heterocycles. The van der Waals surface area contributed by atoms with Crippen LogP contribution >= 0.6 is 0 Å². The molecule has 0 spiro atoms. The van der Waals surface area contributed by atoms with Gasteiger partial charge in [0, 0.05) is 23.5 Å². The van der Waals surface area contributed by atoms with Gasteiger partial charge < -0.3 is 19.8 Å². The maximum Gasteiger partial charge on any atom is 0.290 e. The van der Waals surface area contributed by atoms with Crippen LogP contribution in [0.3, 0.4) is 0 Å². The average molecular weight is 519 g/mol. The summed E-state index contributed by atoms with van der Waals surface area (Å²) in [4.78, 5) is 27.9. The first kappa shape index (κ1) is 28.9. The Kier molecular flexibility index (Phi) is 11.3. The van der Waals surface area contributed by atoms with Crippen molar-refractivity contribution in [3.63, 3.8) is 0 Å². The summed E-state index contributed by atoms with van der Waals surface area (Å²) in [6, 6.07) is 19.3. The number of hydrogen-bond donors (Lipinski definition) is 2. The minimum absolute atomic E-state index is 0.162. The highest BCUT2D eigenvalue weighted by Gasteiger charge is 2.41. The lowest BCUT2D eigenvalue weighted by atomic mass is 10.0. The van der Waals surface area contributed by atoms with Gasteiger partial charge in [-0.1, -0.05) is 62.6 Å². The first-order valence-corrected chi connectivity index (χ1v) is 13.4. The van der Waals surface area contributed by atoms with E-state index in [0.717, 1.165) is 48.1 Å². The number of pyridine rings is 1. The molecule has 2 N–H and O–H groups in total. The van der Waals surface area contributed by atoms with Crippen LogP contribution in [0.2, 0.25) is 0 Å². The molecule has 0 atom stereocenters. The molecular formula is C31H38N2O5. The lowest BCUT2D eigenvalue weighted by Gasteiger charge is -2.37. The fourth-order valence-electron chi connectivity index (χ4n) is 4.77. The Bertz CT molecular complexity index is 1130. The van der Waals surface area contributed by atoms with E-state index in [0.29, 0.717) is 31.6 Å². The van der Waals surface area contributed by atoms with Crippen molar-refractivity contribution in [1.82, 2.24) is 9.88 Å². The molecular weight excluding hydrogens is 480 g/mol. The molecule has 1 fully saturated rings. The van der Waals surface area contributed by atoms with Gasteiger partial charge in [-0.25, -0.2) is 0 Å². The standard InChI is InChI=1S/C30H36N2O3.CH2O2/c1-2-3-4-9-21-35-28-13-6-5-11-27(28)23-32(30(34)18-7-8-19-30)29(33)25-16-14-24(15-17-25)26-12-10-20-31-22-26;2-1-3/h5-6,10-17,20,22,34H,2-4,7-9,18-19,21,23H2,1H3;1H,(H,2,3). The van der Waals surface area contributed by atoms with E-state index < -0.39 is 5.72 Å². The number of rotatable bonds is 11. The molecule has 1 aliphatic carbocycles. The van der Waals surface area contributed by atoms with Gasteiger partial charge in [0.2, 0.25) is 0 Å². The van der Waals surface area contributed by atoms with E-state index in [1.807, 2.05) is 66.9 Å². The van der Waals surface area contributed by atoms with Crippen LogP contribution in [0.5, 0.6) is 5.75 Å². The summed E-state index contributed by atoms with van der Waals surface area (Å²) < 4.78 is 6.10. The van der Waals surface area contributed by atoms with Crippen LogP contribution in [0, 0.1) is 0 Å². The van der Waals surface area contributed by atoms with Gasteiger partial charge in [-0.15, -0.1) is 0 Å². The number of ether oxygens (including phenoxy) is 1. The van der Waals surface area contributed by atoms with Crippen LogP contribution in [0.4, 0.5) is 0 Å². The molecule has 7 nitrogen and oxygen atoms in total. The van der Waals surface area contributed by atoms with Gasteiger partial charge in [-0.05, 0) is 67.5 Å². The second kappa shape index (κ2) is 14.9. The SMILES string of the molecule is CCCCCCOc1ccccc1CN(C(=O)c1ccc(-c2cccnc2)cc1)C1(O)CCCC1.O=CO. The molecule has 202 valence electrons. The molecule has 38 heavy (non-hydrogen) atoms. The van der Waals surface area contributed by atoms with Crippen molar-refractivity contribution in [1.29, 1.82) is 0 Å². The van der Waals surface area contributed by atoms with Gasteiger partial charge >= 0.3 is 0 Å². The second-order valence-electron chi connectivity index (χ2n) is 9.52. The number of unbranched alkanes of at least 4 members (excludes halogenated alkanes) is 3. The Morgan fingerprint density at radius 1 is 1.00 bits per heavy atom. The van der Waals surface area contributed by atoms with Crippen molar-refractivity contribution in [2.75, 3.05) is 6.61 Å². The highest BCUT2D eigenvalue weighted by Crippen LogP contribution is 2.36. The summed E-state index contributed by atoms with van der Waals surface area (Å²) in [7, 11) is 0. The van der Waals surface area contributed by atoms with Crippen molar-refractivity contribution >= 4 is 12.4 Å². The summed E-state index contributed by atoms with van der Waals surface area (Å²) in [6.45, 7) is 2.91. The lowest BCUT2D eigenvalue weighted by molar-refractivity contribution is -0.122. The summed E-state index contributed by atoms with van der Waals surface area (Å²) >= 11 is 0. The number of aromatic nitrogens is 1. The van der Waals surface area contributed by atoms with Crippen molar-refractivity contribution in [2.45, 2.75) is 70.6 Å². The molecule has 1 heterocycles. The molecule has 0 radical (unpaired) electrons. The number of nitrogens with zero attached hydrogens (tertiary/aromatic N) is 2. The Balaban J connectivity index is 0.00000127. The molecule has 0 bridgehead atoms. The van der Waals surface area contributed by atoms with E-state index in [4.69, 9.17) is 14.6 Å². The summed E-state index contributed by atoms with van der Waals surface area (Å²) in [5.74, 6) is 0.625. The molecule has 0 aliphatic heterocycles. The number of carboxylic acid groups (broad SMARTS) is 1. The van der Waals surface area contributed by atoms with Gasteiger partial charge in [0.25, 0.3) is 12.4 Å². The van der Waals surface area contributed by atoms with E-state index in [9.17, 15) is 9.90 Å². The van der Waals surface area contributed by atoms with Crippen LogP contribution in [0.1, 0.15) is 74.2 Å². The van der Waals surface area contributed by atoms with Crippen molar-refractivity contribution in [2.24, 2.45) is 0 Å². The number of aliphatic hydroxyl groups is 1. The zero-order valence-corrected chi connectivity index (χ0v) is 22.1. The van der Waals surface area contributed by atoms with Gasteiger partial charge in [0.1, 0.15) is 11.5 Å². The molecule has 0 unspecified atom stereocenters. The minimum atomic E-state index is -1.15. The van der Waals surface area contributed by atoms with Crippen molar-refractivity contribution in [3.8, 4) is 16.9 Å². The van der Waals surface area contributed by atoms with Crippen LogP contribution < -0.4 is 4.74 Å².